The predicted molar refractivity (Wildman–Crippen MR) is 89.1 cm³/mol. The zero-order valence-corrected chi connectivity index (χ0v) is 13.9. The lowest BCUT2D eigenvalue weighted by molar-refractivity contribution is -0.142. The fourth-order valence-electron chi connectivity index (χ4n) is 2.46. The van der Waals surface area contributed by atoms with Crippen molar-refractivity contribution in [3.8, 4) is 0 Å². The number of aromatic nitrogens is 2. The molecule has 1 aromatic carbocycles. The molecule has 5 N–H and O–H groups in total. The Morgan fingerprint density at radius 1 is 1.31 bits per heavy atom. The number of aliphatic carboxylic acids is 1. The molecule has 9 heteroatoms. The van der Waals surface area contributed by atoms with Crippen LogP contribution in [0.15, 0.2) is 30.7 Å². The summed E-state index contributed by atoms with van der Waals surface area (Å²) in [7, 11) is 0. The van der Waals surface area contributed by atoms with Gasteiger partial charge in [-0.1, -0.05) is 6.07 Å². The van der Waals surface area contributed by atoms with Gasteiger partial charge < -0.3 is 21.1 Å². The van der Waals surface area contributed by atoms with Crippen LogP contribution in [0.5, 0.6) is 0 Å². The Hall–Kier alpha value is -2.81. The number of rotatable bonds is 9. The molecular weight excluding hydrogens is 346 g/mol. The third kappa shape index (κ3) is 5.62. The van der Waals surface area contributed by atoms with Gasteiger partial charge in [-0.25, -0.2) is 18.6 Å². The molecule has 2 atom stereocenters. The highest BCUT2D eigenvalue weighted by atomic mass is 19.2. The number of aromatic amines is 1. The Balaban J connectivity index is 1.84. The highest BCUT2D eigenvalue weighted by Crippen LogP contribution is 2.12. The molecule has 140 valence electrons. The van der Waals surface area contributed by atoms with Gasteiger partial charge in [0.1, 0.15) is 6.04 Å². The van der Waals surface area contributed by atoms with E-state index in [9.17, 15) is 23.5 Å². The normalized spacial score (nSPS) is 13.2. The monoisotopic (exact) mass is 366 g/mol. The number of carbonyl (C=O) groups is 2. The van der Waals surface area contributed by atoms with Crippen LogP contribution in [0.4, 0.5) is 8.78 Å². The van der Waals surface area contributed by atoms with Gasteiger partial charge in [-0.3, -0.25) is 4.79 Å². The smallest absolute Gasteiger partial charge is 0.326 e. The van der Waals surface area contributed by atoms with Crippen LogP contribution in [0.3, 0.4) is 0 Å². The summed E-state index contributed by atoms with van der Waals surface area (Å²) < 4.78 is 26.1. The van der Waals surface area contributed by atoms with Crippen molar-refractivity contribution in [2.75, 3.05) is 0 Å². The number of H-pyrrole nitrogens is 1. The summed E-state index contributed by atoms with van der Waals surface area (Å²) in [6, 6.07) is 1.50. The van der Waals surface area contributed by atoms with E-state index in [1.54, 1.807) is 6.20 Å². The van der Waals surface area contributed by atoms with Crippen molar-refractivity contribution in [2.45, 2.75) is 37.8 Å². The van der Waals surface area contributed by atoms with Crippen molar-refractivity contribution in [1.29, 1.82) is 0 Å². The molecule has 0 saturated carbocycles. The second-order valence-corrected chi connectivity index (χ2v) is 5.91. The molecule has 0 saturated heterocycles. The molecule has 0 radical (unpaired) electrons. The van der Waals surface area contributed by atoms with E-state index >= 15 is 0 Å². The summed E-state index contributed by atoms with van der Waals surface area (Å²) in [6.45, 7) is 0. The number of carboxylic acids is 1. The molecular formula is C17H20F2N4O3. The highest BCUT2D eigenvalue weighted by Gasteiger charge is 2.23. The predicted octanol–water partition coefficient (Wildman–Crippen LogP) is 1.15. The molecule has 7 nitrogen and oxygen atoms in total. The van der Waals surface area contributed by atoms with Crippen molar-refractivity contribution >= 4 is 11.9 Å². The van der Waals surface area contributed by atoms with Gasteiger partial charge in [0.15, 0.2) is 11.6 Å². The summed E-state index contributed by atoms with van der Waals surface area (Å²) in [6.07, 6.45) is 4.10. The first-order chi connectivity index (χ1) is 12.4. The van der Waals surface area contributed by atoms with Crippen LogP contribution >= 0.6 is 0 Å². The molecule has 0 spiro atoms. The summed E-state index contributed by atoms with van der Waals surface area (Å²) >= 11 is 0. The van der Waals surface area contributed by atoms with Gasteiger partial charge in [0.2, 0.25) is 5.91 Å². The SMILES string of the molecule is N[C@@H](Cc1c[nH]cn1)C(=O)NC(CCCc1ccc(F)c(F)c1)C(=O)O. The molecule has 2 aromatic rings. The first-order valence-corrected chi connectivity index (χ1v) is 8.07. The Labute approximate surface area is 148 Å². The van der Waals surface area contributed by atoms with Gasteiger partial charge >= 0.3 is 5.97 Å². The minimum atomic E-state index is -1.18. The third-order valence-corrected chi connectivity index (χ3v) is 3.88. The Bertz CT molecular complexity index is 752. The second kappa shape index (κ2) is 9.04. The number of amides is 1. The first kappa shape index (κ1) is 19.5. The molecule has 26 heavy (non-hydrogen) atoms. The minimum absolute atomic E-state index is 0.134. The summed E-state index contributed by atoms with van der Waals surface area (Å²) in [5, 5.41) is 11.7. The fraction of sp³-hybridized carbons (Fsp3) is 0.353. The summed E-state index contributed by atoms with van der Waals surface area (Å²) in [5.74, 6) is -3.66. The number of imidazole rings is 1. The van der Waals surface area contributed by atoms with Crippen molar-refractivity contribution in [3.05, 3.63) is 53.6 Å². The Kier molecular flexibility index (Phi) is 6.79. The van der Waals surface area contributed by atoms with Gasteiger partial charge in [-0.2, -0.15) is 0 Å². The van der Waals surface area contributed by atoms with Gasteiger partial charge in [0, 0.05) is 12.6 Å². The quantitative estimate of drug-likeness (QED) is 0.530. The van der Waals surface area contributed by atoms with Crippen molar-refractivity contribution < 1.29 is 23.5 Å². The van der Waals surface area contributed by atoms with E-state index in [0.29, 0.717) is 24.1 Å². The van der Waals surface area contributed by atoms with Crippen molar-refractivity contribution in [3.63, 3.8) is 0 Å². The Morgan fingerprint density at radius 3 is 2.69 bits per heavy atom. The van der Waals surface area contributed by atoms with Crippen LogP contribution in [0.1, 0.15) is 24.1 Å². The molecule has 1 aromatic heterocycles. The van der Waals surface area contributed by atoms with E-state index in [1.807, 2.05) is 0 Å². The van der Waals surface area contributed by atoms with Crippen molar-refractivity contribution in [1.82, 2.24) is 15.3 Å². The van der Waals surface area contributed by atoms with E-state index < -0.39 is 35.6 Å². The molecule has 1 amide bonds. The standard InChI is InChI=1S/C17H20F2N4O3/c18-12-5-4-10(6-13(12)19)2-1-3-15(17(25)26)23-16(24)14(20)7-11-8-21-9-22-11/h4-6,8-9,14-15H,1-3,7,20H2,(H,21,22)(H,23,24)(H,25,26)/t14-,15?/m0/s1. The average Bonchev–Trinajstić information content (AvgIpc) is 3.09. The van der Waals surface area contributed by atoms with Crippen LogP contribution in [0.2, 0.25) is 0 Å². The number of carboxylic acid groups (broad SMARTS) is 1. The van der Waals surface area contributed by atoms with Gasteiger partial charge in [-0.15, -0.1) is 0 Å². The van der Waals surface area contributed by atoms with Crippen LogP contribution in [-0.4, -0.2) is 39.0 Å². The van der Waals surface area contributed by atoms with E-state index in [2.05, 4.69) is 15.3 Å². The lowest BCUT2D eigenvalue weighted by Crippen LogP contribution is -2.49. The van der Waals surface area contributed by atoms with Gasteiger partial charge in [0.25, 0.3) is 0 Å². The molecule has 0 aliphatic heterocycles. The van der Waals surface area contributed by atoms with E-state index in [-0.39, 0.29) is 12.8 Å². The van der Waals surface area contributed by atoms with Crippen LogP contribution in [0, 0.1) is 11.6 Å². The average molecular weight is 366 g/mol. The minimum Gasteiger partial charge on any atom is -0.480 e. The number of nitrogens with one attached hydrogen (secondary N) is 2. The first-order valence-electron chi connectivity index (χ1n) is 8.07. The lowest BCUT2D eigenvalue weighted by atomic mass is 10.0. The number of carbonyl (C=O) groups excluding carboxylic acids is 1. The van der Waals surface area contributed by atoms with Crippen molar-refractivity contribution in [2.24, 2.45) is 5.73 Å². The van der Waals surface area contributed by atoms with Gasteiger partial charge in [-0.05, 0) is 37.0 Å². The van der Waals surface area contributed by atoms with E-state index in [0.717, 1.165) is 12.1 Å². The maximum atomic E-state index is 13.2. The van der Waals surface area contributed by atoms with Crippen LogP contribution < -0.4 is 11.1 Å². The highest BCUT2D eigenvalue weighted by molar-refractivity contribution is 5.86. The zero-order valence-electron chi connectivity index (χ0n) is 13.9. The number of hydrogen-bond donors (Lipinski definition) is 4. The maximum absolute atomic E-state index is 13.2. The summed E-state index contributed by atoms with van der Waals surface area (Å²) in [5.41, 5.74) is 6.92. The second-order valence-electron chi connectivity index (χ2n) is 5.91. The number of aryl methyl sites for hydroxylation is 1. The number of hydrogen-bond acceptors (Lipinski definition) is 4. The Morgan fingerprint density at radius 2 is 2.08 bits per heavy atom. The molecule has 0 bridgehead atoms. The number of nitrogens with zero attached hydrogens (tertiary/aromatic N) is 1. The molecule has 0 aliphatic rings. The van der Waals surface area contributed by atoms with E-state index in [1.165, 1.54) is 12.4 Å². The topological polar surface area (TPSA) is 121 Å². The zero-order chi connectivity index (χ0) is 19.1. The van der Waals surface area contributed by atoms with Crippen LogP contribution in [0.25, 0.3) is 0 Å². The largest absolute Gasteiger partial charge is 0.480 e. The number of halogens is 2. The molecule has 0 fully saturated rings. The molecule has 1 unspecified atom stereocenters. The lowest BCUT2D eigenvalue weighted by Gasteiger charge is -2.17. The third-order valence-electron chi connectivity index (χ3n) is 3.88. The fourth-order valence-corrected chi connectivity index (χ4v) is 2.46. The summed E-state index contributed by atoms with van der Waals surface area (Å²) in [4.78, 5) is 30.1. The maximum Gasteiger partial charge on any atom is 0.326 e. The molecule has 1 heterocycles. The van der Waals surface area contributed by atoms with E-state index in [4.69, 9.17) is 5.73 Å². The van der Waals surface area contributed by atoms with Gasteiger partial charge in [0.05, 0.1) is 18.1 Å². The molecule has 0 aliphatic carbocycles. The number of benzene rings is 1. The molecule has 2 rings (SSSR count). The van der Waals surface area contributed by atoms with Crippen LogP contribution in [-0.2, 0) is 22.4 Å². The number of nitrogens with two attached hydrogens (primary N) is 1.